The molecule has 0 bridgehead atoms. The van der Waals surface area contributed by atoms with E-state index in [9.17, 15) is 9.59 Å². The summed E-state index contributed by atoms with van der Waals surface area (Å²) in [5.74, 6) is 5.02. The van der Waals surface area contributed by atoms with Crippen molar-refractivity contribution in [3.63, 3.8) is 0 Å². The van der Waals surface area contributed by atoms with E-state index < -0.39 is 6.04 Å². The smallest absolute Gasteiger partial charge is 0.255 e. The van der Waals surface area contributed by atoms with Crippen LogP contribution in [0.15, 0.2) is 30.3 Å². The van der Waals surface area contributed by atoms with Gasteiger partial charge in [-0.2, -0.15) is 0 Å². The van der Waals surface area contributed by atoms with Crippen molar-refractivity contribution in [3.05, 3.63) is 35.9 Å². The summed E-state index contributed by atoms with van der Waals surface area (Å²) >= 11 is 0. The Morgan fingerprint density at radius 1 is 1.35 bits per heavy atom. The van der Waals surface area contributed by atoms with Gasteiger partial charge in [-0.05, 0) is 12.0 Å². The number of likely N-dealkylation sites (tertiary alicyclic amines) is 1. The summed E-state index contributed by atoms with van der Waals surface area (Å²) in [6.07, 6.45) is 0.834. The quantitative estimate of drug-likeness (QED) is 0.408. The number of carbonyl (C=O) groups is 2. The Morgan fingerprint density at radius 2 is 2.05 bits per heavy atom. The van der Waals surface area contributed by atoms with E-state index in [1.165, 1.54) is 6.92 Å². The number of benzene rings is 1. The fourth-order valence-electron chi connectivity index (χ4n) is 2.67. The Balaban J connectivity index is 2.13. The van der Waals surface area contributed by atoms with Gasteiger partial charge < -0.3 is 5.32 Å². The highest BCUT2D eigenvalue weighted by molar-refractivity contribution is 5.82. The Morgan fingerprint density at radius 3 is 2.65 bits per heavy atom. The molecule has 2 amide bonds. The topological polar surface area (TPSA) is 87.5 Å². The third-order valence-electron chi connectivity index (χ3n) is 3.50. The average Bonchev–Trinajstić information content (AvgIpc) is 2.87. The lowest BCUT2D eigenvalue weighted by atomic mass is 10.1. The standard InChI is InChI=1S/C14H20N4O2/c1-10(19)16-12-7-8-18(9-12)13(14(20)17-15)11-5-3-2-4-6-11/h2-6,12-13H,7-9,15H2,1H3,(H,16,19)(H,17,20). The van der Waals surface area contributed by atoms with Crippen molar-refractivity contribution in [1.29, 1.82) is 0 Å². The minimum absolute atomic E-state index is 0.0450. The first-order valence-corrected chi connectivity index (χ1v) is 6.68. The minimum atomic E-state index is -0.417. The first-order chi connectivity index (χ1) is 9.61. The highest BCUT2D eigenvalue weighted by Gasteiger charge is 2.33. The minimum Gasteiger partial charge on any atom is -0.352 e. The van der Waals surface area contributed by atoms with E-state index in [1.54, 1.807) is 0 Å². The maximum atomic E-state index is 12.1. The molecule has 4 N–H and O–H groups in total. The fourth-order valence-corrected chi connectivity index (χ4v) is 2.67. The zero-order valence-corrected chi connectivity index (χ0v) is 11.5. The van der Waals surface area contributed by atoms with Crippen molar-refractivity contribution in [3.8, 4) is 0 Å². The zero-order chi connectivity index (χ0) is 14.5. The molecule has 0 saturated carbocycles. The van der Waals surface area contributed by atoms with E-state index in [0.717, 1.165) is 18.5 Å². The van der Waals surface area contributed by atoms with Crippen LogP contribution in [0.25, 0.3) is 0 Å². The summed E-state index contributed by atoms with van der Waals surface area (Å²) in [6, 6.07) is 9.19. The Bertz CT molecular complexity index is 477. The van der Waals surface area contributed by atoms with Crippen molar-refractivity contribution in [2.75, 3.05) is 13.1 Å². The Kier molecular flexibility index (Phi) is 4.70. The first kappa shape index (κ1) is 14.5. The SMILES string of the molecule is CC(=O)NC1CCN(C(C(=O)NN)c2ccccc2)C1. The number of carbonyl (C=O) groups excluding carboxylic acids is 2. The number of hydrogen-bond acceptors (Lipinski definition) is 4. The number of hydrazine groups is 1. The number of hydrogen-bond donors (Lipinski definition) is 3. The van der Waals surface area contributed by atoms with Gasteiger partial charge >= 0.3 is 0 Å². The van der Waals surface area contributed by atoms with Crippen LogP contribution in [0.3, 0.4) is 0 Å². The molecule has 1 fully saturated rings. The molecule has 20 heavy (non-hydrogen) atoms. The van der Waals surface area contributed by atoms with Crippen LogP contribution in [0.2, 0.25) is 0 Å². The van der Waals surface area contributed by atoms with Crippen LogP contribution in [0.5, 0.6) is 0 Å². The van der Waals surface area contributed by atoms with Gasteiger partial charge in [-0.3, -0.25) is 19.9 Å². The first-order valence-electron chi connectivity index (χ1n) is 6.68. The maximum absolute atomic E-state index is 12.1. The second-order valence-corrected chi connectivity index (χ2v) is 5.00. The normalized spacial score (nSPS) is 20.4. The molecule has 6 nitrogen and oxygen atoms in total. The summed E-state index contributed by atoms with van der Waals surface area (Å²) < 4.78 is 0. The van der Waals surface area contributed by atoms with E-state index in [2.05, 4.69) is 10.7 Å². The van der Waals surface area contributed by atoms with Crippen molar-refractivity contribution in [1.82, 2.24) is 15.6 Å². The Hall–Kier alpha value is -1.92. The van der Waals surface area contributed by atoms with Crippen LogP contribution >= 0.6 is 0 Å². The van der Waals surface area contributed by atoms with Crippen LogP contribution in [-0.2, 0) is 9.59 Å². The molecule has 0 radical (unpaired) electrons. The van der Waals surface area contributed by atoms with Gasteiger partial charge in [-0.25, -0.2) is 5.84 Å². The average molecular weight is 276 g/mol. The monoisotopic (exact) mass is 276 g/mol. The van der Waals surface area contributed by atoms with Crippen LogP contribution in [-0.4, -0.2) is 35.8 Å². The van der Waals surface area contributed by atoms with Crippen molar-refractivity contribution in [2.45, 2.75) is 25.4 Å². The van der Waals surface area contributed by atoms with Crippen molar-refractivity contribution >= 4 is 11.8 Å². The molecule has 2 rings (SSSR count). The molecule has 2 atom stereocenters. The molecule has 1 aromatic rings. The molecule has 1 aliphatic heterocycles. The fraction of sp³-hybridized carbons (Fsp3) is 0.429. The number of rotatable bonds is 4. The molecule has 1 aliphatic rings. The highest BCUT2D eigenvalue weighted by atomic mass is 16.2. The van der Waals surface area contributed by atoms with Gasteiger partial charge in [0.05, 0.1) is 0 Å². The predicted molar refractivity (Wildman–Crippen MR) is 75.3 cm³/mol. The predicted octanol–water partition coefficient (Wildman–Crippen LogP) is -0.0720. The molecular formula is C14H20N4O2. The highest BCUT2D eigenvalue weighted by Crippen LogP contribution is 2.25. The summed E-state index contributed by atoms with van der Waals surface area (Å²) in [6.45, 7) is 2.90. The van der Waals surface area contributed by atoms with Gasteiger partial charge in [-0.1, -0.05) is 30.3 Å². The van der Waals surface area contributed by atoms with Crippen LogP contribution < -0.4 is 16.6 Å². The van der Waals surface area contributed by atoms with E-state index in [0.29, 0.717) is 6.54 Å². The molecule has 6 heteroatoms. The lowest BCUT2D eigenvalue weighted by molar-refractivity contribution is -0.126. The second kappa shape index (κ2) is 6.49. The zero-order valence-electron chi connectivity index (χ0n) is 11.5. The van der Waals surface area contributed by atoms with Gasteiger partial charge in [0.1, 0.15) is 6.04 Å². The lowest BCUT2D eigenvalue weighted by Gasteiger charge is -2.26. The van der Waals surface area contributed by atoms with E-state index >= 15 is 0 Å². The number of nitrogens with one attached hydrogen (secondary N) is 2. The lowest BCUT2D eigenvalue weighted by Crippen LogP contribution is -2.44. The molecule has 1 saturated heterocycles. The molecule has 2 unspecified atom stereocenters. The van der Waals surface area contributed by atoms with E-state index in [1.807, 2.05) is 35.2 Å². The molecule has 108 valence electrons. The second-order valence-electron chi connectivity index (χ2n) is 5.00. The summed E-state index contributed by atoms with van der Waals surface area (Å²) in [5, 5.41) is 2.89. The summed E-state index contributed by atoms with van der Waals surface area (Å²) in [7, 11) is 0. The molecule has 0 spiro atoms. The maximum Gasteiger partial charge on any atom is 0.255 e. The number of nitrogens with zero attached hydrogens (tertiary/aromatic N) is 1. The Labute approximate surface area is 118 Å². The third kappa shape index (κ3) is 3.34. The van der Waals surface area contributed by atoms with Crippen LogP contribution in [0, 0.1) is 0 Å². The molecule has 1 heterocycles. The molecule has 0 aromatic heterocycles. The summed E-state index contributed by atoms with van der Waals surface area (Å²) in [4.78, 5) is 25.2. The van der Waals surface area contributed by atoms with Gasteiger partial charge in [-0.15, -0.1) is 0 Å². The molecule has 1 aromatic carbocycles. The molecular weight excluding hydrogens is 256 g/mol. The number of amides is 2. The summed E-state index contributed by atoms with van der Waals surface area (Å²) in [5.41, 5.74) is 3.13. The van der Waals surface area contributed by atoms with Crippen molar-refractivity contribution < 1.29 is 9.59 Å². The van der Waals surface area contributed by atoms with Crippen molar-refractivity contribution in [2.24, 2.45) is 5.84 Å². The number of nitrogens with two attached hydrogens (primary N) is 1. The van der Waals surface area contributed by atoms with E-state index in [4.69, 9.17) is 5.84 Å². The molecule has 0 aliphatic carbocycles. The van der Waals surface area contributed by atoms with E-state index in [-0.39, 0.29) is 17.9 Å². The third-order valence-corrected chi connectivity index (χ3v) is 3.50. The van der Waals surface area contributed by atoms with Gasteiger partial charge in [0.2, 0.25) is 5.91 Å². The largest absolute Gasteiger partial charge is 0.352 e. The van der Waals surface area contributed by atoms with Crippen LogP contribution in [0.1, 0.15) is 24.9 Å². The van der Waals surface area contributed by atoms with Crippen LogP contribution in [0.4, 0.5) is 0 Å². The van der Waals surface area contributed by atoms with Gasteiger partial charge in [0.25, 0.3) is 5.91 Å². The van der Waals surface area contributed by atoms with Gasteiger partial charge in [0.15, 0.2) is 0 Å². The van der Waals surface area contributed by atoms with Gasteiger partial charge in [0, 0.05) is 26.1 Å².